The maximum Gasteiger partial charge on any atom is 0.573 e. The quantitative estimate of drug-likeness (QED) is 0.634. The van der Waals surface area contributed by atoms with Crippen LogP contribution in [-0.4, -0.2) is 43.9 Å². The highest BCUT2D eigenvalue weighted by Crippen LogP contribution is 2.23. The number of nitrogens with zero attached hydrogens (tertiary/aromatic N) is 1. The largest absolute Gasteiger partial charge is 0.573 e. The van der Waals surface area contributed by atoms with Gasteiger partial charge in [0.2, 0.25) is 5.91 Å². The Bertz CT molecular complexity index is 849. The van der Waals surface area contributed by atoms with Gasteiger partial charge in [0.25, 0.3) is 0 Å². The number of nitrogens with two attached hydrogens (primary N) is 1. The molecule has 1 aliphatic heterocycles. The fraction of sp³-hybridized carbons (Fsp3) is 0.458. The van der Waals surface area contributed by atoms with Crippen molar-refractivity contribution in [3.63, 3.8) is 0 Å². The van der Waals surface area contributed by atoms with Gasteiger partial charge in [-0.05, 0) is 87.1 Å². The Morgan fingerprint density at radius 2 is 1.69 bits per heavy atom. The number of alkyl halides is 3. The number of carbonyl (C=O) groups is 1. The Morgan fingerprint density at radius 1 is 1.06 bits per heavy atom. The Hall–Kier alpha value is -2.74. The molecule has 1 aliphatic rings. The fourth-order valence-corrected chi connectivity index (χ4v) is 3.62. The van der Waals surface area contributed by atoms with E-state index in [1.807, 2.05) is 0 Å². The van der Waals surface area contributed by atoms with Gasteiger partial charge in [0, 0.05) is 0 Å². The number of hydrogen-bond donors (Lipinski definition) is 1. The van der Waals surface area contributed by atoms with Gasteiger partial charge in [-0.3, -0.25) is 4.79 Å². The molecule has 3 rings (SSSR count). The van der Waals surface area contributed by atoms with Crippen LogP contribution in [0.4, 0.5) is 13.2 Å². The Labute approximate surface area is 187 Å². The van der Waals surface area contributed by atoms with Crippen molar-refractivity contribution in [1.82, 2.24) is 4.90 Å². The number of carbonyl (C=O) groups excluding carboxylic acids is 1. The number of likely N-dealkylation sites (tertiary alicyclic amines) is 1. The lowest BCUT2D eigenvalue weighted by atomic mass is 10.1. The molecule has 0 radical (unpaired) electrons. The summed E-state index contributed by atoms with van der Waals surface area (Å²) in [6, 6.07) is 11.5. The summed E-state index contributed by atoms with van der Waals surface area (Å²) >= 11 is 0. The summed E-state index contributed by atoms with van der Waals surface area (Å²) in [5, 5.41) is 0. The van der Waals surface area contributed by atoms with Gasteiger partial charge in [0.05, 0.1) is 13.5 Å². The van der Waals surface area contributed by atoms with Crippen molar-refractivity contribution in [3.8, 4) is 11.5 Å². The first kappa shape index (κ1) is 25.5. The first-order valence-electron chi connectivity index (χ1n) is 10.6. The third kappa shape index (κ3) is 9.60. The summed E-state index contributed by atoms with van der Waals surface area (Å²) in [4.78, 5) is 13.1. The molecule has 0 saturated carbocycles. The molecule has 8 heteroatoms. The van der Waals surface area contributed by atoms with Crippen LogP contribution in [0.25, 0.3) is 0 Å². The van der Waals surface area contributed by atoms with Crippen molar-refractivity contribution in [2.45, 2.75) is 45.4 Å². The second-order valence-corrected chi connectivity index (χ2v) is 7.79. The molecule has 0 unspecified atom stereocenters. The summed E-state index contributed by atoms with van der Waals surface area (Å²) < 4.78 is 44.2. The highest BCUT2D eigenvalue weighted by atomic mass is 19.4. The van der Waals surface area contributed by atoms with Gasteiger partial charge < -0.3 is 20.1 Å². The van der Waals surface area contributed by atoms with Gasteiger partial charge >= 0.3 is 6.36 Å². The predicted molar refractivity (Wildman–Crippen MR) is 118 cm³/mol. The van der Waals surface area contributed by atoms with Crippen molar-refractivity contribution in [3.05, 3.63) is 59.2 Å². The monoisotopic (exact) mass is 452 g/mol. The Kier molecular flexibility index (Phi) is 9.84. The van der Waals surface area contributed by atoms with Crippen molar-refractivity contribution >= 4 is 5.91 Å². The summed E-state index contributed by atoms with van der Waals surface area (Å²) in [5.74, 6) is 0.128. The second kappa shape index (κ2) is 12.3. The number of primary amides is 1. The number of benzene rings is 2. The molecular weight excluding hydrogens is 421 g/mol. The molecule has 0 aliphatic carbocycles. The molecule has 176 valence electrons. The van der Waals surface area contributed by atoms with Gasteiger partial charge in [0.1, 0.15) is 11.5 Å². The molecule has 1 heterocycles. The zero-order valence-electron chi connectivity index (χ0n) is 18.6. The van der Waals surface area contributed by atoms with E-state index in [1.54, 1.807) is 7.11 Å². The van der Waals surface area contributed by atoms with Crippen LogP contribution in [0.3, 0.4) is 0 Å². The van der Waals surface area contributed by atoms with E-state index in [0.717, 1.165) is 17.9 Å². The Balaban J connectivity index is 0.000000229. The van der Waals surface area contributed by atoms with Gasteiger partial charge in [-0.25, -0.2) is 0 Å². The molecule has 2 N–H and O–H groups in total. The summed E-state index contributed by atoms with van der Waals surface area (Å²) in [7, 11) is 1.73. The topological polar surface area (TPSA) is 64.8 Å². The van der Waals surface area contributed by atoms with Crippen molar-refractivity contribution in [1.29, 1.82) is 0 Å². The summed E-state index contributed by atoms with van der Waals surface area (Å²) in [6.45, 7) is 5.98. The zero-order chi connectivity index (χ0) is 23.6. The number of aryl methyl sites for hydroxylation is 2. The van der Waals surface area contributed by atoms with Crippen LogP contribution in [0.15, 0.2) is 42.5 Å². The van der Waals surface area contributed by atoms with Crippen LogP contribution in [0.1, 0.15) is 36.0 Å². The molecule has 2 aromatic rings. The number of ether oxygens (including phenoxy) is 2. The highest BCUT2D eigenvalue weighted by Gasteiger charge is 2.30. The average molecular weight is 453 g/mol. The first-order valence-corrected chi connectivity index (χ1v) is 10.6. The number of amides is 1. The van der Waals surface area contributed by atoms with E-state index in [0.29, 0.717) is 5.56 Å². The van der Waals surface area contributed by atoms with Crippen molar-refractivity contribution < 1.29 is 27.4 Å². The molecule has 0 bridgehead atoms. The van der Waals surface area contributed by atoms with Crippen LogP contribution in [0, 0.1) is 6.92 Å². The van der Waals surface area contributed by atoms with E-state index < -0.39 is 12.3 Å². The molecule has 0 spiro atoms. The smallest absolute Gasteiger partial charge is 0.496 e. The molecule has 0 aromatic heterocycles. The van der Waals surface area contributed by atoms with Gasteiger partial charge in [-0.2, -0.15) is 0 Å². The SMILES string of the molecule is COc1ccc(CCCN2CCCC2)cc1C.NC(=O)Cc1ccc(OC(F)(F)F)cc1. The third-order valence-electron chi connectivity index (χ3n) is 5.13. The molecule has 0 atom stereocenters. The number of rotatable bonds is 8. The Morgan fingerprint density at radius 3 is 2.22 bits per heavy atom. The zero-order valence-corrected chi connectivity index (χ0v) is 18.6. The number of hydrogen-bond acceptors (Lipinski definition) is 4. The van der Waals surface area contributed by atoms with Crippen LogP contribution in [-0.2, 0) is 17.6 Å². The van der Waals surface area contributed by atoms with E-state index in [-0.39, 0.29) is 12.2 Å². The van der Waals surface area contributed by atoms with Crippen LogP contribution in [0.5, 0.6) is 11.5 Å². The molecule has 1 amide bonds. The maximum atomic E-state index is 11.8. The summed E-state index contributed by atoms with van der Waals surface area (Å²) in [6.07, 6.45) is 0.522. The number of halogens is 3. The van der Waals surface area contributed by atoms with Gasteiger partial charge in [-0.15, -0.1) is 13.2 Å². The maximum absolute atomic E-state index is 11.8. The molecular formula is C24H31F3N2O3. The molecule has 1 saturated heterocycles. The standard InChI is InChI=1S/C15H23NO.C9H8F3NO2/c1-13-12-14(7-8-15(13)17-2)6-5-11-16-9-3-4-10-16;10-9(11,12)15-7-3-1-6(2-4-7)5-8(13)14/h7-8,12H,3-6,9-11H2,1-2H3;1-4H,5H2,(H2,13,14). The molecule has 1 fully saturated rings. The minimum Gasteiger partial charge on any atom is -0.496 e. The highest BCUT2D eigenvalue weighted by molar-refractivity contribution is 5.76. The third-order valence-corrected chi connectivity index (χ3v) is 5.13. The predicted octanol–water partition coefficient (Wildman–Crippen LogP) is 4.65. The van der Waals surface area contributed by atoms with E-state index >= 15 is 0 Å². The average Bonchev–Trinajstić information content (AvgIpc) is 3.22. The normalized spacial score (nSPS) is 13.9. The minimum absolute atomic E-state index is 0.00764. The van der Waals surface area contributed by atoms with Crippen molar-refractivity contribution in [2.24, 2.45) is 5.73 Å². The lowest BCUT2D eigenvalue weighted by Gasteiger charge is -2.14. The summed E-state index contributed by atoms with van der Waals surface area (Å²) in [5.41, 5.74) is 8.13. The first-order chi connectivity index (χ1) is 15.2. The van der Waals surface area contributed by atoms with Crippen LogP contribution in [0.2, 0.25) is 0 Å². The van der Waals surface area contributed by atoms with E-state index in [9.17, 15) is 18.0 Å². The number of methoxy groups -OCH3 is 1. The lowest BCUT2D eigenvalue weighted by molar-refractivity contribution is -0.274. The van der Waals surface area contributed by atoms with Crippen molar-refractivity contribution in [2.75, 3.05) is 26.7 Å². The molecule has 2 aromatic carbocycles. The second-order valence-electron chi connectivity index (χ2n) is 7.79. The van der Waals surface area contributed by atoms with Gasteiger partial charge in [-0.1, -0.05) is 24.3 Å². The van der Waals surface area contributed by atoms with Crippen LogP contribution < -0.4 is 15.2 Å². The lowest BCUT2D eigenvalue weighted by Crippen LogP contribution is -2.20. The van der Waals surface area contributed by atoms with E-state index in [4.69, 9.17) is 10.5 Å². The van der Waals surface area contributed by atoms with Crippen LogP contribution >= 0.6 is 0 Å². The molecule has 5 nitrogen and oxygen atoms in total. The fourth-order valence-electron chi connectivity index (χ4n) is 3.62. The van der Waals surface area contributed by atoms with Gasteiger partial charge in [0.15, 0.2) is 0 Å². The van der Waals surface area contributed by atoms with E-state index in [2.05, 4.69) is 34.8 Å². The molecule has 32 heavy (non-hydrogen) atoms. The van der Waals surface area contributed by atoms with E-state index in [1.165, 1.54) is 68.6 Å². The minimum atomic E-state index is -4.70.